The minimum Gasteiger partial charge on any atom is -0.294 e. The van der Waals surface area contributed by atoms with Gasteiger partial charge < -0.3 is 0 Å². The maximum Gasteiger partial charge on any atom is 0.164 e. The molecule has 0 fully saturated rings. The van der Waals surface area contributed by atoms with E-state index >= 15 is 0 Å². The van der Waals surface area contributed by atoms with Gasteiger partial charge in [-0.2, -0.15) is 0 Å². The van der Waals surface area contributed by atoms with E-state index in [-0.39, 0.29) is 5.78 Å². The molecular weight excluding hydrogens is 236 g/mol. The molecule has 0 spiro atoms. The van der Waals surface area contributed by atoms with Gasteiger partial charge in [-0.1, -0.05) is 28.9 Å². The summed E-state index contributed by atoms with van der Waals surface area (Å²) in [7, 11) is 0. The van der Waals surface area contributed by atoms with Gasteiger partial charge in [-0.05, 0) is 12.1 Å². The minimum atomic E-state index is 0.118. The molecule has 64 valence electrons. The molecule has 0 aliphatic heterocycles. The third-order valence-electron chi connectivity index (χ3n) is 1.59. The first kappa shape index (κ1) is 9.81. The largest absolute Gasteiger partial charge is 0.294 e. The fourth-order valence-corrected chi connectivity index (χ4v) is 2.04. The van der Waals surface area contributed by atoms with Gasteiger partial charge in [-0.25, -0.2) is 0 Å². The van der Waals surface area contributed by atoms with Crippen LogP contribution in [0.25, 0.3) is 0 Å². The molecule has 1 rings (SSSR count). The summed E-state index contributed by atoms with van der Waals surface area (Å²) in [5.74, 6) is 0.118. The molecule has 12 heavy (non-hydrogen) atoms. The highest BCUT2D eigenvalue weighted by molar-refractivity contribution is 9.10. The number of thiol groups is 1. The number of Topliss-reactive ketones (excluding diaryl/α,β-unsaturated/α-hetero) is 1. The molecule has 0 aliphatic carbocycles. The molecule has 0 radical (unpaired) electrons. The molecule has 0 saturated carbocycles. The van der Waals surface area contributed by atoms with Gasteiger partial charge in [0.2, 0.25) is 0 Å². The lowest BCUT2D eigenvalue weighted by atomic mass is 10.1. The van der Waals surface area contributed by atoms with Crippen LogP contribution < -0.4 is 0 Å². The number of ketones is 1. The van der Waals surface area contributed by atoms with E-state index in [1.54, 1.807) is 0 Å². The molecule has 0 unspecified atom stereocenters. The highest BCUT2D eigenvalue weighted by atomic mass is 79.9. The maximum absolute atomic E-state index is 11.4. The molecule has 0 saturated heterocycles. The highest BCUT2D eigenvalue weighted by Gasteiger charge is 2.10. The van der Waals surface area contributed by atoms with Crippen LogP contribution in [0.3, 0.4) is 0 Å². The molecule has 0 N–H and O–H groups in total. The van der Waals surface area contributed by atoms with Crippen LogP contribution in [0.2, 0.25) is 0 Å². The van der Waals surface area contributed by atoms with Crippen molar-refractivity contribution in [1.29, 1.82) is 0 Å². The van der Waals surface area contributed by atoms with E-state index in [2.05, 4.69) is 28.6 Å². The van der Waals surface area contributed by atoms with Gasteiger partial charge in [-0.15, -0.1) is 12.6 Å². The van der Waals surface area contributed by atoms with Crippen molar-refractivity contribution in [3.63, 3.8) is 0 Å². The average molecular weight is 245 g/mol. The smallest absolute Gasteiger partial charge is 0.164 e. The number of carbonyl (C=O) groups excluding carboxylic acids is 1. The van der Waals surface area contributed by atoms with Crippen LogP contribution in [0, 0.1) is 0 Å². The SMILES string of the molecule is CCC(=O)c1c(S)cccc1Br. The van der Waals surface area contributed by atoms with E-state index in [0.29, 0.717) is 12.0 Å². The van der Waals surface area contributed by atoms with Crippen molar-refractivity contribution in [1.82, 2.24) is 0 Å². The molecule has 0 bridgehead atoms. The molecule has 0 aromatic heterocycles. The Morgan fingerprint density at radius 2 is 2.25 bits per heavy atom. The Morgan fingerprint density at radius 3 is 2.75 bits per heavy atom. The molecule has 0 heterocycles. The molecule has 1 aromatic rings. The summed E-state index contributed by atoms with van der Waals surface area (Å²) in [5, 5.41) is 0. The van der Waals surface area contributed by atoms with Crippen molar-refractivity contribution in [2.24, 2.45) is 0 Å². The lowest BCUT2D eigenvalue weighted by Gasteiger charge is -2.03. The predicted octanol–water partition coefficient (Wildman–Crippen LogP) is 3.33. The van der Waals surface area contributed by atoms with E-state index in [1.807, 2.05) is 25.1 Å². The Balaban J connectivity index is 3.21. The van der Waals surface area contributed by atoms with Crippen molar-refractivity contribution in [3.8, 4) is 0 Å². The number of benzene rings is 1. The van der Waals surface area contributed by atoms with Crippen LogP contribution in [0.15, 0.2) is 27.6 Å². The number of hydrogen-bond donors (Lipinski definition) is 1. The van der Waals surface area contributed by atoms with Gasteiger partial charge in [0.25, 0.3) is 0 Å². The van der Waals surface area contributed by atoms with Crippen molar-refractivity contribution in [3.05, 3.63) is 28.2 Å². The topological polar surface area (TPSA) is 17.1 Å². The third-order valence-corrected chi connectivity index (χ3v) is 2.63. The molecule has 0 amide bonds. The summed E-state index contributed by atoms with van der Waals surface area (Å²) in [4.78, 5) is 12.1. The van der Waals surface area contributed by atoms with E-state index in [4.69, 9.17) is 0 Å². The van der Waals surface area contributed by atoms with E-state index in [1.165, 1.54) is 0 Å². The normalized spacial score (nSPS) is 9.92. The van der Waals surface area contributed by atoms with Crippen LogP contribution >= 0.6 is 28.6 Å². The lowest BCUT2D eigenvalue weighted by molar-refractivity contribution is 0.0984. The van der Waals surface area contributed by atoms with Gasteiger partial charge in [-0.3, -0.25) is 4.79 Å². The van der Waals surface area contributed by atoms with Crippen molar-refractivity contribution in [2.45, 2.75) is 18.2 Å². The third kappa shape index (κ3) is 1.90. The molecule has 0 atom stereocenters. The highest BCUT2D eigenvalue weighted by Crippen LogP contribution is 2.24. The number of carbonyl (C=O) groups is 1. The average Bonchev–Trinajstić information content (AvgIpc) is 2.03. The second kappa shape index (κ2) is 4.10. The van der Waals surface area contributed by atoms with Gasteiger partial charge in [0.05, 0.1) is 0 Å². The van der Waals surface area contributed by atoms with Gasteiger partial charge in [0.1, 0.15) is 0 Å². The summed E-state index contributed by atoms with van der Waals surface area (Å²) in [5.41, 5.74) is 0.684. The van der Waals surface area contributed by atoms with E-state index < -0.39 is 0 Å². The first-order chi connectivity index (χ1) is 5.66. The number of hydrogen-bond acceptors (Lipinski definition) is 2. The minimum absolute atomic E-state index is 0.118. The lowest BCUT2D eigenvalue weighted by Crippen LogP contribution is -1.98. The standard InChI is InChI=1S/C9H9BrOS/c1-2-7(11)9-6(10)4-3-5-8(9)12/h3-5,12H,2H2,1H3. The predicted molar refractivity (Wildman–Crippen MR) is 56.0 cm³/mol. The first-order valence-electron chi connectivity index (χ1n) is 3.67. The van der Waals surface area contributed by atoms with Crippen molar-refractivity contribution in [2.75, 3.05) is 0 Å². The fraction of sp³-hybridized carbons (Fsp3) is 0.222. The maximum atomic E-state index is 11.4. The van der Waals surface area contributed by atoms with Crippen LogP contribution in [0.4, 0.5) is 0 Å². The Labute approximate surface area is 85.7 Å². The zero-order valence-electron chi connectivity index (χ0n) is 6.67. The zero-order chi connectivity index (χ0) is 9.14. The van der Waals surface area contributed by atoms with Crippen molar-refractivity contribution < 1.29 is 4.79 Å². The molecular formula is C9H9BrOS. The second-order valence-corrected chi connectivity index (χ2v) is 3.75. The molecule has 3 heteroatoms. The quantitative estimate of drug-likeness (QED) is 0.624. The summed E-state index contributed by atoms with van der Waals surface area (Å²) < 4.78 is 0.821. The monoisotopic (exact) mass is 244 g/mol. The summed E-state index contributed by atoms with van der Waals surface area (Å²) in [6.45, 7) is 1.84. The summed E-state index contributed by atoms with van der Waals surface area (Å²) >= 11 is 7.53. The van der Waals surface area contributed by atoms with Crippen LogP contribution in [-0.4, -0.2) is 5.78 Å². The van der Waals surface area contributed by atoms with Crippen LogP contribution in [0.1, 0.15) is 23.7 Å². The fourth-order valence-electron chi connectivity index (χ4n) is 0.966. The Hall–Kier alpha value is -0.280. The van der Waals surface area contributed by atoms with Crippen LogP contribution in [-0.2, 0) is 0 Å². The number of halogens is 1. The van der Waals surface area contributed by atoms with Gasteiger partial charge >= 0.3 is 0 Å². The van der Waals surface area contributed by atoms with E-state index in [0.717, 1.165) is 9.37 Å². The van der Waals surface area contributed by atoms with E-state index in [9.17, 15) is 4.79 Å². The molecule has 1 aromatic carbocycles. The Bertz CT molecular complexity index is 289. The first-order valence-corrected chi connectivity index (χ1v) is 4.91. The van der Waals surface area contributed by atoms with Gasteiger partial charge in [0, 0.05) is 21.4 Å². The Kier molecular flexibility index (Phi) is 3.35. The van der Waals surface area contributed by atoms with Crippen molar-refractivity contribution >= 4 is 34.3 Å². The second-order valence-electron chi connectivity index (χ2n) is 2.41. The van der Waals surface area contributed by atoms with Gasteiger partial charge in [0.15, 0.2) is 5.78 Å². The summed E-state index contributed by atoms with van der Waals surface area (Å²) in [6.07, 6.45) is 0.510. The molecule has 1 nitrogen and oxygen atoms in total. The zero-order valence-corrected chi connectivity index (χ0v) is 9.15. The molecule has 0 aliphatic rings. The Morgan fingerprint density at radius 1 is 1.58 bits per heavy atom. The summed E-state index contributed by atoms with van der Waals surface area (Å²) in [6, 6.07) is 5.53. The number of rotatable bonds is 2. The van der Waals surface area contributed by atoms with Crippen LogP contribution in [0.5, 0.6) is 0 Å².